The van der Waals surface area contributed by atoms with E-state index in [0.717, 1.165) is 5.56 Å². The molecule has 7 nitrogen and oxygen atoms in total. The van der Waals surface area contributed by atoms with Gasteiger partial charge >= 0.3 is 0 Å². The van der Waals surface area contributed by atoms with E-state index < -0.39 is 0 Å². The molecule has 0 aliphatic carbocycles. The van der Waals surface area contributed by atoms with Crippen LogP contribution >= 0.6 is 11.6 Å². The number of nitrogens with one attached hydrogen (secondary N) is 1. The summed E-state index contributed by atoms with van der Waals surface area (Å²) in [5.41, 5.74) is 2.09. The maximum absolute atomic E-state index is 12.5. The Hall–Kier alpha value is -3.06. The van der Waals surface area contributed by atoms with Gasteiger partial charge in [0.2, 0.25) is 0 Å². The van der Waals surface area contributed by atoms with Crippen LogP contribution in [0.2, 0.25) is 5.02 Å². The van der Waals surface area contributed by atoms with Crippen LogP contribution in [0.15, 0.2) is 49.1 Å². The Bertz CT molecular complexity index is 896. The van der Waals surface area contributed by atoms with Gasteiger partial charge in [0.05, 0.1) is 25.8 Å². The average Bonchev–Trinajstić information content (AvgIpc) is 3.15. The molecule has 1 aromatic heterocycles. The number of hydrogen-bond donors (Lipinski definition) is 1. The Balaban J connectivity index is 1.72. The van der Waals surface area contributed by atoms with Crippen LogP contribution in [0.4, 0.5) is 5.69 Å². The molecule has 0 spiro atoms. The molecule has 0 atom stereocenters. The summed E-state index contributed by atoms with van der Waals surface area (Å²) in [7, 11) is 2.98. The third kappa shape index (κ3) is 3.94. The minimum absolute atomic E-state index is 0.295. The van der Waals surface area contributed by atoms with Crippen molar-refractivity contribution in [3.8, 4) is 11.5 Å². The van der Waals surface area contributed by atoms with Crippen molar-refractivity contribution in [2.45, 2.75) is 6.54 Å². The number of methoxy groups -OCH3 is 2. The molecule has 3 aromatic rings. The lowest BCUT2D eigenvalue weighted by atomic mass is 10.1. The molecule has 1 heterocycles. The van der Waals surface area contributed by atoms with Crippen molar-refractivity contribution in [2.24, 2.45) is 0 Å². The van der Waals surface area contributed by atoms with Gasteiger partial charge in [0.15, 0.2) is 11.5 Å². The lowest BCUT2D eigenvalue weighted by Gasteiger charge is -2.12. The van der Waals surface area contributed by atoms with E-state index in [0.29, 0.717) is 34.3 Å². The lowest BCUT2D eigenvalue weighted by Crippen LogP contribution is -2.12. The lowest BCUT2D eigenvalue weighted by molar-refractivity contribution is 0.102. The van der Waals surface area contributed by atoms with Crippen LogP contribution in [0.25, 0.3) is 0 Å². The number of benzene rings is 2. The van der Waals surface area contributed by atoms with Gasteiger partial charge in [-0.3, -0.25) is 4.79 Å². The van der Waals surface area contributed by atoms with Crippen LogP contribution in [0.5, 0.6) is 11.5 Å². The highest BCUT2D eigenvalue weighted by molar-refractivity contribution is 6.32. The minimum atomic E-state index is -0.295. The summed E-state index contributed by atoms with van der Waals surface area (Å²) in [5.74, 6) is 0.494. The van der Waals surface area contributed by atoms with Crippen LogP contribution in [-0.2, 0) is 6.54 Å². The Morgan fingerprint density at radius 1 is 1.19 bits per heavy atom. The van der Waals surface area contributed by atoms with Crippen molar-refractivity contribution >= 4 is 23.2 Å². The average molecular weight is 373 g/mol. The summed E-state index contributed by atoms with van der Waals surface area (Å²) in [4.78, 5) is 16.4. The van der Waals surface area contributed by atoms with Crippen molar-refractivity contribution in [3.05, 3.63) is 65.2 Å². The molecule has 0 unspecified atom stereocenters. The molecular formula is C18H17ClN4O3. The molecule has 3 rings (SSSR count). The van der Waals surface area contributed by atoms with Crippen LogP contribution in [0, 0.1) is 0 Å². The second-order valence-corrected chi connectivity index (χ2v) is 5.84. The third-order valence-corrected chi connectivity index (χ3v) is 4.00. The number of amides is 1. The summed E-state index contributed by atoms with van der Waals surface area (Å²) in [6.07, 6.45) is 3.14. The molecular weight excluding hydrogens is 356 g/mol. The first kappa shape index (κ1) is 17.8. The molecule has 134 valence electrons. The fourth-order valence-corrected chi connectivity index (χ4v) is 2.74. The van der Waals surface area contributed by atoms with Gasteiger partial charge in [-0.05, 0) is 29.8 Å². The van der Waals surface area contributed by atoms with Gasteiger partial charge in [0.25, 0.3) is 5.91 Å². The van der Waals surface area contributed by atoms with Gasteiger partial charge in [-0.25, -0.2) is 9.67 Å². The Morgan fingerprint density at radius 3 is 2.58 bits per heavy atom. The smallest absolute Gasteiger partial charge is 0.255 e. The summed E-state index contributed by atoms with van der Waals surface area (Å²) in [6, 6.07) is 10.6. The molecule has 0 aliphatic rings. The van der Waals surface area contributed by atoms with Crippen molar-refractivity contribution in [3.63, 3.8) is 0 Å². The fourth-order valence-electron chi connectivity index (χ4n) is 2.45. The zero-order valence-electron chi connectivity index (χ0n) is 14.3. The molecule has 0 fully saturated rings. The number of hydrogen-bond acceptors (Lipinski definition) is 5. The first-order valence-electron chi connectivity index (χ1n) is 7.75. The number of halogens is 1. The maximum atomic E-state index is 12.5. The molecule has 1 N–H and O–H groups in total. The van der Waals surface area contributed by atoms with E-state index in [2.05, 4.69) is 15.4 Å². The van der Waals surface area contributed by atoms with Crippen LogP contribution in [-0.4, -0.2) is 34.9 Å². The van der Waals surface area contributed by atoms with Crippen LogP contribution in [0.1, 0.15) is 15.9 Å². The summed E-state index contributed by atoms with van der Waals surface area (Å²) in [6.45, 7) is 0.611. The maximum Gasteiger partial charge on any atom is 0.255 e. The SMILES string of the molecule is COc1cc(C(=O)Nc2ccc(Cn3cncn3)cc2)cc(Cl)c1OC. The van der Waals surface area contributed by atoms with Gasteiger partial charge in [-0.2, -0.15) is 5.10 Å². The minimum Gasteiger partial charge on any atom is -0.493 e. The first-order chi connectivity index (χ1) is 12.6. The van der Waals surface area contributed by atoms with Gasteiger partial charge in [-0.1, -0.05) is 23.7 Å². The number of rotatable bonds is 6. The van der Waals surface area contributed by atoms with E-state index >= 15 is 0 Å². The van der Waals surface area contributed by atoms with Crippen LogP contribution in [0.3, 0.4) is 0 Å². The fraction of sp³-hybridized carbons (Fsp3) is 0.167. The first-order valence-corrected chi connectivity index (χ1v) is 8.12. The molecule has 2 aromatic carbocycles. The van der Waals surface area contributed by atoms with E-state index in [1.54, 1.807) is 17.1 Å². The predicted octanol–water partition coefficient (Wildman–Crippen LogP) is 3.25. The van der Waals surface area contributed by atoms with Gasteiger partial charge < -0.3 is 14.8 Å². The Morgan fingerprint density at radius 2 is 1.96 bits per heavy atom. The quantitative estimate of drug-likeness (QED) is 0.718. The van der Waals surface area contributed by atoms with Crippen LogP contribution < -0.4 is 14.8 Å². The summed E-state index contributed by atoms with van der Waals surface area (Å²) < 4.78 is 12.1. The molecule has 26 heavy (non-hydrogen) atoms. The van der Waals surface area contributed by atoms with Crippen molar-refractivity contribution < 1.29 is 14.3 Å². The predicted molar refractivity (Wildman–Crippen MR) is 98.1 cm³/mol. The van der Waals surface area contributed by atoms with E-state index in [-0.39, 0.29) is 5.91 Å². The van der Waals surface area contributed by atoms with Gasteiger partial charge in [-0.15, -0.1) is 0 Å². The van der Waals surface area contributed by atoms with E-state index in [1.807, 2.05) is 24.3 Å². The normalized spacial score (nSPS) is 10.4. The number of carbonyl (C=O) groups excluding carboxylic acids is 1. The summed E-state index contributed by atoms with van der Waals surface area (Å²) in [5, 5.41) is 7.20. The second-order valence-electron chi connectivity index (χ2n) is 5.44. The zero-order valence-corrected chi connectivity index (χ0v) is 15.0. The Labute approximate surface area is 155 Å². The number of nitrogens with zero attached hydrogens (tertiary/aromatic N) is 3. The molecule has 0 saturated carbocycles. The molecule has 0 radical (unpaired) electrons. The second kappa shape index (κ2) is 7.88. The monoisotopic (exact) mass is 372 g/mol. The number of anilines is 1. The Kier molecular flexibility index (Phi) is 5.38. The number of carbonyl (C=O) groups is 1. The highest BCUT2D eigenvalue weighted by Crippen LogP contribution is 2.36. The van der Waals surface area contributed by atoms with Gasteiger partial charge in [0, 0.05) is 11.3 Å². The number of ether oxygens (including phenoxy) is 2. The molecule has 0 bridgehead atoms. The summed E-state index contributed by atoms with van der Waals surface area (Å²) >= 11 is 6.15. The molecule has 1 amide bonds. The molecule has 0 saturated heterocycles. The van der Waals surface area contributed by atoms with Crippen molar-refractivity contribution in [2.75, 3.05) is 19.5 Å². The van der Waals surface area contributed by atoms with E-state index in [4.69, 9.17) is 21.1 Å². The third-order valence-electron chi connectivity index (χ3n) is 3.72. The van der Waals surface area contributed by atoms with Gasteiger partial charge in [0.1, 0.15) is 12.7 Å². The topological polar surface area (TPSA) is 78.3 Å². The van der Waals surface area contributed by atoms with Crippen molar-refractivity contribution in [1.82, 2.24) is 14.8 Å². The molecule has 8 heteroatoms. The van der Waals surface area contributed by atoms with E-state index in [1.165, 1.54) is 26.6 Å². The zero-order chi connectivity index (χ0) is 18.5. The standard InChI is InChI=1S/C18H17ClN4O3/c1-25-16-8-13(7-15(19)17(16)26-2)18(24)22-14-5-3-12(4-6-14)9-23-11-20-10-21-23/h3-8,10-11H,9H2,1-2H3,(H,22,24). The molecule has 0 aliphatic heterocycles. The van der Waals surface area contributed by atoms with Crippen molar-refractivity contribution in [1.29, 1.82) is 0 Å². The number of aromatic nitrogens is 3. The largest absolute Gasteiger partial charge is 0.493 e. The highest BCUT2D eigenvalue weighted by Gasteiger charge is 2.15. The highest BCUT2D eigenvalue weighted by atomic mass is 35.5. The van der Waals surface area contributed by atoms with E-state index in [9.17, 15) is 4.79 Å².